The largest absolute Gasteiger partial charge is 0.311 e. The molecule has 0 aliphatic carbocycles. The molecule has 0 N–H and O–H groups in total. The van der Waals surface area contributed by atoms with Crippen LogP contribution in [0.3, 0.4) is 0 Å². The summed E-state index contributed by atoms with van der Waals surface area (Å²) in [7, 11) is 0. The summed E-state index contributed by atoms with van der Waals surface area (Å²) in [5.74, 6) is 0. The standard InChI is InChI=1S/C18H15N.2ClH/c1-4-10-16(11-5-1)19(17-12-6-2-7-13-17)18-14-8-3-9-15-18;;/h1-15H;2*1H. The van der Waals surface area contributed by atoms with Gasteiger partial charge in [-0.1, -0.05) is 54.6 Å². The van der Waals surface area contributed by atoms with Gasteiger partial charge in [-0.05, 0) is 36.4 Å². The van der Waals surface area contributed by atoms with E-state index in [0.29, 0.717) is 0 Å². The molecule has 3 aromatic carbocycles. The molecule has 0 aromatic heterocycles. The third kappa shape index (κ3) is 4.01. The SMILES string of the molecule is Cl.Cl.c1ccc(N(c2ccccc2)c2ccccc2)cc1. The molecule has 1 nitrogen and oxygen atoms in total. The molecule has 0 fully saturated rings. The smallest absolute Gasteiger partial charge is 0.0461 e. The van der Waals surface area contributed by atoms with Gasteiger partial charge in [-0.2, -0.15) is 0 Å². The molecule has 3 rings (SSSR count). The highest BCUT2D eigenvalue weighted by Gasteiger charge is 2.10. The second-order valence-corrected chi connectivity index (χ2v) is 4.34. The number of hydrogen-bond acceptors (Lipinski definition) is 1. The lowest BCUT2D eigenvalue weighted by atomic mass is 10.2. The summed E-state index contributed by atoms with van der Waals surface area (Å²) in [5.41, 5.74) is 3.50. The quantitative estimate of drug-likeness (QED) is 0.572. The van der Waals surface area contributed by atoms with E-state index in [1.807, 2.05) is 18.2 Å². The van der Waals surface area contributed by atoms with Crippen LogP contribution in [0.2, 0.25) is 0 Å². The van der Waals surface area contributed by atoms with Crippen LogP contribution in [0.1, 0.15) is 0 Å². The Bertz CT molecular complexity index is 533. The Morgan fingerprint density at radius 3 is 0.857 bits per heavy atom. The van der Waals surface area contributed by atoms with Crippen molar-refractivity contribution in [2.45, 2.75) is 0 Å². The van der Waals surface area contributed by atoms with Crippen LogP contribution in [0.5, 0.6) is 0 Å². The fourth-order valence-electron chi connectivity index (χ4n) is 2.18. The van der Waals surface area contributed by atoms with Crippen molar-refractivity contribution in [3.8, 4) is 0 Å². The van der Waals surface area contributed by atoms with Crippen molar-refractivity contribution in [1.29, 1.82) is 0 Å². The van der Waals surface area contributed by atoms with Crippen molar-refractivity contribution in [2.75, 3.05) is 4.90 Å². The van der Waals surface area contributed by atoms with Gasteiger partial charge in [0.2, 0.25) is 0 Å². The molecule has 0 aliphatic heterocycles. The summed E-state index contributed by atoms with van der Waals surface area (Å²) in [5, 5.41) is 0. The van der Waals surface area contributed by atoms with E-state index in [1.165, 1.54) is 17.1 Å². The zero-order valence-corrected chi connectivity index (χ0v) is 13.1. The number of benzene rings is 3. The van der Waals surface area contributed by atoms with Crippen LogP contribution < -0.4 is 4.90 Å². The molecule has 0 bridgehead atoms. The molecule has 0 atom stereocenters. The molecule has 3 aromatic rings. The van der Waals surface area contributed by atoms with E-state index < -0.39 is 0 Å². The average molecular weight is 318 g/mol. The van der Waals surface area contributed by atoms with Gasteiger partial charge in [0.05, 0.1) is 0 Å². The maximum absolute atomic E-state index is 2.25. The second-order valence-electron chi connectivity index (χ2n) is 4.34. The average Bonchev–Trinajstić information content (AvgIpc) is 2.51. The Labute approximate surface area is 138 Å². The van der Waals surface area contributed by atoms with Gasteiger partial charge in [0.15, 0.2) is 0 Å². The minimum atomic E-state index is 0. The fourth-order valence-corrected chi connectivity index (χ4v) is 2.18. The first kappa shape index (κ1) is 17.1. The van der Waals surface area contributed by atoms with Crippen molar-refractivity contribution in [3.63, 3.8) is 0 Å². The van der Waals surface area contributed by atoms with Crippen molar-refractivity contribution in [3.05, 3.63) is 91.0 Å². The number of rotatable bonds is 3. The highest BCUT2D eigenvalue weighted by Crippen LogP contribution is 2.33. The predicted octanol–water partition coefficient (Wildman–Crippen LogP) is 6.00. The van der Waals surface area contributed by atoms with Crippen LogP contribution in [-0.2, 0) is 0 Å². The van der Waals surface area contributed by atoms with Crippen molar-refractivity contribution < 1.29 is 0 Å². The Morgan fingerprint density at radius 2 is 0.619 bits per heavy atom. The lowest BCUT2D eigenvalue weighted by Crippen LogP contribution is -2.09. The van der Waals surface area contributed by atoms with E-state index in [-0.39, 0.29) is 24.8 Å². The molecule has 0 unspecified atom stereocenters. The van der Waals surface area contributed by atoms with E-state index in [9.17, 15) is 0 Å². The Kier molecular flexibility index (Phi) is 6.80. The normalized spacial score (nSPS) is 9.14. The van der Waals surface area contributed by atoms with Crippen molar-refractivity contribution >= 4 is 41.9 Å². The first-order valence-corrected chi connectivity index (χ1v) is 6.40. The van der Waals surface area contributed by atoms with Crippen LogP contribution in [-0.4, -0.2) is 0 Å². The van der Waals surface area contributed by atoms with E-state index in [2.05, 4.69) is 77.7 Å². The van der Waals surface area contributed by atoms with Gasteiger partial charge in [0.25, 0.3) is 0 Å². The Morgan fingerprint density at radius 1 is 0.381 bits per heavy atom. The maximum Gasteiger partial charge on any atom is 0.0461 e. The molecule has 0 radical (unpaired) electrons. The summed E-state index contributed by atoms with van der Waals surface area (Å²) < 4.78 is 0. The number of hydrogen-bond donors (Lipinski definition) is 0. The molecule has 0 aliphatic rings. The zero-order valence-electron chi connectivity index (χ0n) is 11.4. The van der Waals surface area contributed by atoms with Crippen LogP contribution in [0.15, 0.2) is 91.0 Å². The molecule has 0 saturated carbocycles. The lowest BCUT2D eigenvalue weighted by Gasteiger charge is -2.25. The van der Waals surface area contributed by atoms with Crippen LogP contribution in [0.25, 0.3) is 0 Å². The minimum Gasteiger partial charge on any atom is -0.311 e. The third-order valence-electron chi connectivity index (χ3n) is 3.04. The summed E-state index contributed by atoms with van der Waals surface area (Å²) in [6.07, 6.45) is 0. The first-order chi connectivity index (χ1) is 9.45. The van der Waals surface area contributed by atoms with Gasteiger partial charge < -0.3 is 4.90 Å². The number of halogens is 2. The first-order valence-electron chi connectivity index (χ1n) is 6.40. The third-order valence-corrected chi connectivity index (χ3v) is 3.04. The van der Waals surface area contributed by atoms with Gasteiger partial charge in [-0.15, -0.1) is 24.8 Å². The molecule has 0 heterocycles. The number of anilines is 3. The molecule has 0 amide bonds. The molecule has 0 saturated heterocycles. The van der Waals surface area contributed by atoms with Gasteiger partial charge in [-0.25, -0.2) is 0 Å². The van der Waals surface area contributed by atoms with Crippen LogP contribution >= 0.6 is 24.8 Å². The molecule has 108 valence electrons. The highest BCUT2D eigenvalue weighted by molar-refractivity contribution is 5.85. The summed E-state index contributed by atoms with van der Waals surface area (Å²) in [6, 6.07) is 31.3. The highest BCUT2D eigenvalue weighted by atomic mass is 35.5. The predicted molar refractivity (Wildman–Crippen MR) is 95.6 cm³/mol. The second kappa shape index (κ2) is 8.35. The summed E-state index contributed by atoms with van der Waals surface area (Å²) in [4.78, 5) is 2.25. The Balaban J connectivity index is 0.00000110. The molecular formula is C18H17Cl2N. The summed E-state index contributed by atoms with van der Waals surface area (Å²) in [6.45, 7) is 0. The molecule has 21 heavy (non-hydrogen) atoms. The fraction of sp³-hybridized carbons (Fsp3) is 0. The van der Waals surface area contributed by atoms with Crippen molar-refractivity contribution in [1.82, 2.24) is 0 Å². The minimum absolute atomic E-state index is 0. The van der Waals surface area contributed by atoms with Crippen molar-refractivity contribution in [2.24, 2.45) is 0 Å². The number of para-hydroxylation sites is 3. The van der Waals surface area contributed by atoms with Gasteiger partial charge in [-0.3, -0.25) is 0 Å². The van der Waals surface area contributed by atoms with Crippen LogP contribution in [0.4, 0.5) is 17.1 Å². The summed E-state index contributed by atoms with van der Waals surface area (Å²) >= 11 is 0. The van der Waals surface area contributed by atoms with Gasteiger partial charge >= 0.3 is 0 Å². The van der Waals surface area contributed by atoms with Gasteiger partial charge in [0.1, 0.15) is 0 Å². The van der Waals surface area contributed by atoms with Gasteiger partial charge in [0, 0.05) is 17.1 Å². The maximum atomic E-state index is 2.25. The molecule has 3 heteroatoms. The topological polar surface area (TPSA) is 3.24 Å². The number of nitrogens with zero attached hydrogens (tertiary/aromatic N) is 1. The lowest BCUT2D eigenvalue weighted by molar-refractivity contribution is 1.28. The molecular weight excluding hydrogens is 301 g/mol. The monoisotopic (exact) mass is 317 g/mol. The van der Waals surface area contributed by atoms with E-state index in [0.717, 1.165) is 0 Å². The Hall–Kier alpha value is -1.96. The van der Waals surface area contributed by atoms with E-state index >= 15 is 0 Å². The molecule has 0 spiro atoms. The zero-order chi connectivity index (χ0) is 12.9. The van der Waals surface area contributed by atoms with E-state index in [1.54, 1.807) is 0 Å². The van der Waals surface area contributed by atoms with Crippen LogP contribution in [0, 0.1) is 0 Å². The van der Waals surface area contributed by atoms with E-state index in [4.69, 9.17) is 0 Å².